The molecule has 4 nitrogen and oxygen atoms in total. The van der Waals surface area contributed by atoms with Crippen LogP contribution in [-0.2, 0) is 5.41 Å². The summed E-state index contributed by atoms with van der Waals surface area (Å²) in [6, 6.07) is 7.96. The van der Waals surface area contributed by atoms with E-state index in [1.54, 1.807) is 0 Å². The van der Waals surface area contributed by atoms with E-state index in [-0.39, 0.29) is 35.5 Å². The van der Waals surface area contributed by atoms with Crippen molar-refractivity contribution in [1.82, 2.24) is 10.2 Å². The zero-order chi connectivity index (χ0) is 16.2. The molecule has 23 heavy (non-hydrogen) atoms. The molecule has 6 heteroatoms. The second-order valence-corrected chi connectivity index (χ2v) is 6.89. The van der Waals surface area contributed by atoms with E-state index in [1.165, 1.54) is 5.56 Å². The number of hydrogen-bond donors (Lipinski definition) is 2. The Kier molecular flexibility index (Phi) is 8.10. The molecule has 0 aromatic heterocycles. The van der Waals surface area contributed by atoms with Gasteiger partial charge >= 0.3 is 0 Å². The Hall–Kier alpha value is -0.530. The van der Waals surface area contributed by atoms with Crippen molar-refractivity contribution in [1.29, 1.82) is 0 Å². The highest BCUT2D eigenvalue weighted by Crippen LogP contribution is 2.25. The second-order valence-electron chi connectivity index (χ2n) is 6.45. The van der Waals surface area contributed by atoms with Crippen molar-refractivity contribution in [2.24, 2.45) is 4.99 Å². The van der Waals surface area contributed by atoms with E-state index in [2.05, 4.69) is 43.1 Å². The summed E-state index contributed by atoms with van der Waals surface area (Å²) >= 11 is 5.96. The molecule has 1 atom stereocenters. The summed E-state index contributed by atoms with van der Waals surface area (Å²) in [5.41, 5.74) is 1.15. The van der Waals surface area contributed by atoms with Crippen LogP contribution < -0.4 is 5.32 Å². The van der Waals surface area contributed by atoms with Crippen LogP contribution in [0.4, 0.5) is 0 Å². The normalized spacial score (nSPS) is 18.7. The zero-order valence-electron chi connectivity index (χ0n) is 14.1. The molecule has 0 saturated carbocycles. The Morgan fingerprint density at radius 3 is 2.57 bits per heavy atom. The SMILES string of the molecule is CCNC(=NCC(C)(C)c1ccc(Cl)cc1)N1CC[C@@H](O)C1.I. The molecular weight excluding hydrogens is 425 g/mol. The van der Waals surface area contributed by atoms with Crippen LogP contribution in [-0.4, -0.2) is 48.2 Å². The van der Waals surface area contributed by atoms with Crippen molar-refractivity contribution < 1.29 is 5.11 Å². The lowest BCUT2D eigenvalue weighted by Crippen LogP contribution is -2.41. The largest absolute Gasteiger partial charge is 0.391 e. The average Bonchev–Trinajstić information content (AvgIpc) is 2.90. The lowest BCUT2D eigenvalue weighted by Gasteiger charge is -2.26. The lowest BCUT2D eigenvalue weighted by molar-refractivity contribution is 0.187. The summed E-state index contributed by atoms with van der Waals surface area (Å²) < 4.78 is 0. The predicted octanol–water partition coefficient (Wildman–Crippen LogP) is 3.27. The third-order valence-corrected chi connectivity index (χ3v) is 4.30. The topological polar surface area (TPSA) is 47.9 Å². The summed E-state index contributed by atoms with van der Waals surface area (Å²) in [6.45, 7) is 9.45. The van der Waals surface area contributed by atoms with E-state index in [1.807, 2.05) is 12.1 Å². The fourth-order valence-electron chi connectivity index (χ4n) is 2.62. The number of aliphatic hydroxyl groups excluding tert-OH is 1. The third-order valence-electron chi connectivity index (χ3n) is 4.05. The Labute approximate surface area is 161 Å². The molecule has 2 rings (SSSR count). The second kappa shape index (κ2) is 9.08. The van der Waals surface area contributed by atoms with Gasteiger partial charge in [0.1, 0.15) is 0 Å². The maximum atomic E-state index is 9.71. The summed E-state index contributed by atoms with van der Waals surface area (Å²) in [5.74, 6) is 0.890. The van der Waals surface area contributed by atoms with Crippen molar-refractivity contribution in [3.8, 4) is 0 Å². The van der Waals surface area contributed by atoms with Gasteiger partial charge < -0.3 is 15.3 Å². The number of benzene rings is 1. The molecule has 130 valence electrons. The molecule has 0 spiro atoms. The molecule has 0 amide bonds. The van der Waals surface area contributed by atoms with Gasteiger partial charge in [-0.1, -0.05) is 37.6 Å². The molecule has 1 aliphatic heterocycles. The molecule has 0 aliphatic carbocycles. The van der Waals surface area contributed by atoms with Crippen LogP contribution in [0.5, 0.6) is 0 Å². The summed E-state index contributed by atoms with van der Waals surface area (Å²) in [5, 5.41) is 13.8. The van der Waals surface area contributed by atoms with Crippen molar-refractivity contribution in [2.75, 3.05) is 26.2 Å². The van der Waals surface area contributed by atoms with E-state index < -0.39 is 0 Å². The van der Waals surface area contributed by atoms with Crippen LogP contribution >= 0.6 is 35.6 Å². The molecule has 1 saturated heterocycles. The number of β-amino-alcohol motifs (C(OH)–C–C–N with tert-alkyl or cyclic N) is 1. The van der Waals surface area contributed by atoms with Gasteiger partial charge in [0, 0.05) is 30.1 Å². The first kappa shape index (κ1) is 20.5. The van der Waals surface area contributed by atoms with Crippen molar-refractivity contribution >= 4 is 41.5 Å². The molecule has 0 bridgehead atoms. The number of hydrogen-bond acceptors (Lipinski definition) is 2. The number of nitrogens with one attached hydrogen (secondary N) is 1. The van der Waals surface area contributed by atoms with Crippen molar-refractivity contribution in [3.63, 3.8) is 0 Å². The highest BCUT2D eigenvalue weighted by molar-refractivity contribution is 14.0. The minimum Gasteiger partial charge on any atom is -0.391 e. The number of rotatable bonds is 4. The maximum absolute atomic E-state index is 9.71. The van der Waals surface area contributed by atoms with E-state index in [9.17, 15) is 5.11 Å². The van der Waals surface area contributed by atoms with Gasteiger partial charge in [-0.2, -0.15) is 0 Å². The van der Waals surface area contributed by atoms with Gasteiger partial charge in [-0.25, -0.2) is 0 Å². The van der Waals surface area contributed by atoms with Crippen LogP contribution in [0, 0.1) is 0 Å². The van der Waals surface area contributed by atoms with Crippen LogP contribution in [0.2, 0.25) is 5.02 Å². The van der Waals surface area contributed by atoms with Crippen molar-refractivity contribution in [3.05, 3.63) is 34.9 Å². The first-order chi connectivity index (χ1) is 10.4. The van der Waals surface area contributed by atoms with E-state index in [4.69, 9.17) is 16.6 Å². The molecule has 1 fully saturated rings. The number of guanidine groups is 1. The minimum absolute atomic E-state index is 0. The first-order valence-corrected chi connectivity index (χ1v) is 8.27. The van der Waals surface area contributed by atoms with Gasteiger partial charge in [-0.05, 0) is 31.0 Å². The van der Waals surface area contributed by atoms with Crippen molar-refractivity contribution in [2.45, 2.75) is 38.7 Å². The smallest absolute Gasteiger partial charge is 0.194 e. The lowest BCUT2D eigenvalue weighted by atomic mass is 9.85. The molecule has 1 aromatic carbocycles. The van der Waals surface area contributed by atoms with Gasteiger partial charge in [0.2, 0.25) is 0 Å². The summed E-state index contributed by atoms with van der Waals surface area (Å²) in [6.07, 6.45) is 0.568. The molecule has 0 unspecified atom stereocenters. The molecule has 1 heterocycles. The third kappa shape index (κ3) is 5.80. The molecule has 1 aromatic rings. The highest BCUT2D eigenvalue weighted by Gasteiger charge is 2.25. The fourth-order valence-corrected chi connectivity index (χ4v) is 2.75. The standard InChI is InChI=1S/C17H26ClN3O.HI/c1-4-19-16(21-10-9-15(22)11-21)20-12-17(2,3)13-5-7-14(18)8-6-13;/h5-8,15,22H,4,9-12H2,1-3H3,(H,19,20);1H/t15-;/m1./s1. The van der Waals surface area contributed by atoms with Gasteiger partial charge in [-0.3, -0.25) is 4.99 Å². The van der Waals surface area contributed by atoms with Gasteiger partial charge in [0.15, 0.2) is 5.96 Å². The Balaban J connectivity index is 0.00000264. The number of likely N-dealkylation sites (tertiary alicyclic amines) is 1. The molecule has 1 aliphatic rings. The predicted molar refractivity (Wildman–Crippen MR) is 108 cm³/mol. The Morgan fingerprint density at radius 1 is 1.39 bits per heavy atom. The van der Waals surface area contributed by atoms with Gasteiger partial charge in [-0.15, -0.1) is 24.0 Å². The summed E-state index contributed by atoms with van der Waals surface area (Å²) in [4.78, 5) is 6.92. The quantitative estimate of drug-likeness (QED) is 0.420. The monoisotopic (exact) mass is 451 g/mol. The Bertz CT molecular complexity index is 519. The number of aliphatic imine (C=N–C) groups is 1. The van der Waals surface area contributed by atoms with Crippen LogP contribution in [0.1, 0.15) is 32.8 Å². The van der Waals surface area contributed by atoms with Gasteiger partial charge in [0.05, 0.1) is 12.6 Å². The maximum Gasteiger partial charge on any atom is 0.194 e. The molecule has 0 radical (unpaired) electrons. The fraction of sp³-hybridized carbons (Fsp3) is 0.588. The first-order valence-electron chi connectivity index (χ1n) is 7.90. The van der Waals surface area contributed by atoms with E-state index in [0.717, 1.165) is 30.5 Å². The number of nitrogens with zero attached hydrogens (tertiary/aromatic N) is 2. The molecule has 2 N–H and O–H groups in total. The number of halogens is 2. The Morgan fingerprint density at radius 2 is 2.04 bits per heavy atom. The van der Waals surface area contributed by atoms with E-state index in [0.29, 0.717) is 13.1 Å². The van der Waals surface area contributed by atoms with E-state index >= 15 is 0 Å². The summed E-state index contributed by atoms with van der Waals surface area (Å²) in [7, 11) is 0. The molecular formula is C17H27ClIN3O. The average molecular weight is 452 g/mol. The number of aliphatic hydroxyl groups is 1. The van der Waals surface area contributed by atoms with Crippen LogP contribution in [0.15, 0.2) is 29.3 Å². The zero-order valence-corrected chi connectivity index (χ0v) is 17.1. The van der Waals surface area contributed by atoms with Gasteiger partial charge in [0.25, 0.3) is 0 Å². The highest BCUT2D eigenvalue weighted by atomic mass is 127. The minimum atomic E-state index is -0.242. The van der Waals surface area contributed by atoms with Crippen LogP contribution in [0.3, 0.4) is 0 Å². The van der Waals surface area contributed by atoms with Crippen LogP contribution in [0.25, 0.3) is 0 Å².